The van der Waals surface area contributed by atoms with E-state index in [0.717, 1.165) is 38.5 Å². The number of hydrogen-bond donors (Lipinski definition) is 1. The van der Waals surface area contributed by atoms with E-state index in [4.69, 9.17) is 14.2 Å². The average molecular weight is 581 g/mol. The van der Waals surface area contributed by atoms with Crippen LogP contribution in [0, 0.1) is 10.8 Å². The quantitative estimate of drug-likeness (QED) is 0.259. The van der Waals surface area contributed by atoms with E-state index in [1.807, 2.05) is 41.5 Å². The third-order valence-corrected chi connectivity index (χ3v) is 7.46. The van der Waals surface area contributed by atoms with E-state index in [1.165, 1.54) is 16.9 Å². The summed E-state index contributed by atoms with van der Waals surface area (Å²) in [4.78, 5) is 50.1. The van der Waals surface area contributed by atoms with Crippen LogP contribution < -0.4 is 18.9 Å². The minimum absolute atomic E-state index is 0. The first-order chi connectivity index (χ1) is 17.9. The van der Waals surface area contributed by atoms with Gasteiger partial charge in [-0.15, -0.1) is 0 Å². The van der Waals surface area contributed by atoms with Gasteiger partial charge in [0.25, 0.3) is 0 Å². The number of amides is 2. The van der Waals surface area contributed by atoms with Crippen LogP contribution in [-0.4, -0.2) is 90.0 Å². The molecule has 0 aromatic heterocycles. The largest absolute Gasteiger partial charge is 1.00 e. The van der Waals surface area contributed by atoms with Crippen LogP contribution >= 0.6 is 0 Å². The molecule has 0 radical (unpaired) electrons. The fourth-order valence-corrected chi connectivity index (χ4v) is 5.07. The molecule has 0 saturated heterocycles. The van der Waals surface area contributed by atoms with Crippen LogP contribution in [0.3, 0.4) is 0 Å². The average Bonchev–Trinajstić information content (AvgIpc) is 3.50. The molecule has 2 aliphatic carbocycles. The number of methoxy groups -OCH3 is 1. The van der Waals surface area contributed by atoms with Crippen molar-refractivity contribution in [2.24, 2.45) is 10.8 Å². The summed E-state index contributed by atoms with van der Waals surface area (Å²) in [7, 11) is 4.78. The number of hydrogen-bond acceptors (Lipinski definition) is 8. The maximum atomic E-state index is 12.0. The zero-order valence-electron chi connectivity index (χ0n) is 27.1. The molecule has 2 saturated carbocycles. The molecule has 234 valence electrons. The molecule has 0 atom stereocenters. The van der Waals surface area contributed by atoms with Gasteiger partial charge in [-0.05, 0) is 80.1 Å². The van der Waals surface area contributed by atoms with E-state index < -0.39 is 34.1 Å². The van der Waals surface area contributed by atoms with Crippen molar-refractivity contribution in [1.29, 1.82) is 0 Å². The van der Waals surface area contributed by atoms with Crippen LogP contribution in [0.25, 0.3) is 0 Å². The van der Waals surface area contributed by atoms with Crippen LogP contribution in [0.2, 0.25) is 0 Å². The molecule has 12 heteroatoms. The number of carboxylic acids is 1. The Hall–Kier alpha value is -1.96. The molecule has 0 aromatic rings. The van der Waals surface area contributed by atoms with Crippen LogP contribution in [0.1, 0.15) is 106 Å². The van der Waals surface area contributed by atoms with Gasteiger partial charge in [-0.2, -0.15) is 0 Å². The van der Waals surface area contributed by atoms with Crippen molar-refractivity contribution in [1.82, 2.24) is 9.80 Å². The molecule has 2 amide bonds. The maximum Gasteiger partial charge on any atom is 1.00 e. The van der Waals surface area contributed by atoms with Crippen LogP contribution in [0.4, 0.5) is 9.59 Å². The van der Waals surface area contributed by atoms with Gasteiger partial charge in [-0.25, -0.2) is 9.59 Å². The molecule has 0 spiro atoms. The molecular weight excluding hydrogens is 527 g/mol. The van der Waals surface area contributed by atoms with Gasteiger partial charge in [0.2, 0.25) is 0 Å². The summed E-state index contributed by atoms with van der Waals surface area (Å²) in [5, 5.41) is 9.37. The molecule has 0 aliphatic heterocycles. The van der Waals surface area contributed by atoms with Gasteiger partial charge in [-0.3, -0.25) is 9.59 Å². The smallest absolute Gasteiger partial charge is 0.870 e. The van der Waals surface area contributed by atoms with E-state index in [-0.39, 0.29) is 36.4 Å². The first kappa shape index (κ1) is 41.2. The van der Waals surface area contributed by atoms with Crippen molar-refractivity contribution < 1.29 is 62.8 Å². The predicted molar refractivity (Wildman–Crippen MR) is 150 cm³/mol. The fourth-order valence-electron chi connectivity index (χ4n) is 5.07. The number of carbonyl (C=O) groups excluding carboxylic acids is 3. The third-order valence-electron chi connectivity index (χ3n) is 7.46. The number of carboxylic acid groups (broad SMARTS) is 1. The van der Waals surface area contributed by atoms with Crippen LogP contribution in [-0.2, 0) is 23.8 Å². The van der Waals surface area contributed by atoms with Crippen molar-refractivity contribution >= 4 is 24.1 Å². The summed E-state index contributed by atoms with van der Waals surface area (Å²) < 4.78 is 15.5. The molecule has 11 nitrogen and oxygen atoms in total. The third kappa shape index (κ3) is 13.7. The molecule has 0 heterocycles. The molecule has 2 fully saturated rings. The van der Waals surface area contributed by atoms with E-state index in [2.05, 4.69) is 0 Å². The van der Waals surface area contributed by atoms with Gasteiger partial charge in [0.05, 0.1) is 17.9 Å². The number of ether oxygens (including phenoxy) is 3. The van der Waals surface area contributed by atoms with Gasteiger partial charge in [0, 0.05) is 27.2 Å². The van der Waals surface area contributed by atoms with Crippen molar-refractivity contribution in [2.75, 3.05) is 34.3 Å². The number of carbonyl (C=O) groups is 4. The number of aliphatic carboxylic acids is 1. The predicted octanol–water partition coefficient (Wildman–Crippen LogP) is 2.69. The van der Waals surface area contributed by atoms with Crippen molar-refractivity contribution in [2.45, 2.75) is 117 Å². The van der Waals surface area contributed by atoms with Crippen LogP contribution in [0.15, 0.2) is 0 Å². The maximum absolute atomic E-state index is 12.0. The number of esters is 1. The fraction of sp³-hybridized carbons (Fsp3) is 0.862. The summed E-state index contributed by atoms with van der Waals surface area (Å²) in [5.41, 5.74) is -2.08. The van der Waals surface area contributed by atoms with Gasteiger partial charge < -0.3 is 34.6 Å². The summed E-state index contributed by atoms with van der Waals surface area (Å²) in [5.74, 6) is -0.879. The number of nitrogens with zero attached hydrogens (tertiary/aromatic N) is 2. The second-order valence-corrected chi connectivity index (χ2v) is 13.1. The Balaban J connectivity index is 0. The topological polar surface area (TPSA) is 153 Å². The molecule has 0 aromatic carbocycles. The molecular formula is C29H53LiN2O9. The van der Waals surface area contributed by atoms with Crippen molar-refractivity contribution in [3.8, 4) is 0 Å². The van der Waals surface area contributed by atoms with E-state index in [9.17, 15) is 24.3 Å². The van der Waals surface area contributed by atoms with Gasteiger partial charge >= 0.3 is 43.0 Å². The zero-order chi connectivity index (χ0) is 30.1. The zero-order valence-corrected chi connectivity index (χ0v) is 27.1. The minimum Gasteiger partial charge on any atom is -0.870 e. The van der Waals surface area contributed by atoms with Crippen molar-refractivity contribution in [3.05, 3.63) is 0 Å². The molecule has 2 N–H and O–H groups in total. The molecule has 0 unspecified atom stereocenters. The summed E-state index contributed by atoms with van der Waals surface area (Å²) in [6.45, 7) is 11.9. The summed E-state index contributed by atoms with van der Waals surface area (Å²) in [6.07, 6.45) is 7.52. The van der Waals surface area contributed by atoms with E-state index in [0.29, 0.717) is 38.8 Å². The Morgan fingerprint density at radius 1 is 0.707 bits per heavy atom. The Kier molecular flexibility index (Phi) is 17.3. The van der Waals surface area contributed by atoms with E-state index in [1.54, 1.807) is 14.1 Å². The van der Waals surface area contributed by atoms with Crippen molar-refractivity contribution in [3.63, 3.8) is 0 Å². The first-order valence-electron chi connectivity index (χ1n) is 14.1. The molecule has 2 aliphatic rings. The molecule has 0 bridgehead atoms. The first-order valence-corrected chi connectivity index (χ1v) is 14.1. The second-order valence-electron chi connectivity index (χ2n) is 13.1. The summed E-state index contributed by atoms with van der Waals surface area (Å²) in [6, 6.07) is 0. The van der Waals surface area contributed by atoms with Gasteiger partial charge in [0.1, 0.15) is 11.2 Å². The SMILES string of the molecule is CN(CCC1(C(=O)O)CCCC1)C(=O)OC(C)(C)C.COC(=O)C1(CCN(C)C(=O)OC(C)(C)C)CCCC1.[Li+].[OH-]. The Bertz CT molecular complexity index is 840. The summed E-state index contributed by atoms with van der Waals surface area (Å²) >= 11 is 0. The standard InChI is InChI=1S/C15H27NO4.C14H25NO4.Li.H2O/c1-14(2,3)20-13(18)16(4)11-10-15(12(17)19-5)8-6-7-9-15;1-13(2,3)19-12(18)15(4)10-9-14(11(16)17)7-5-6-8-14;;/h6-11H2,1-5H3;5-10H2,1-4H3,(H,16,17);;1H2/q;;+1;/p-1. The molecule has 2 rings (SSSR count). The van der Waals surface area contributed by atoms with Gasteiger partial charge in [-0.1, -0.05) is 25.7 Å². The monoisotopic (exact) mass is 580 g/mol. The Morgan fingerprint density at radius 3 is 1.32 bits per heavy atom. The Morgan fingerprint density at radius 2 is 1.02 bits per heavy atom. The number of rotatable bonds is 8. The second kappa shape index (κ2) is 17.2. The van der Waals surface area contributed by atoms with Crippen LogP contribution in [0.5, 0.6) is 0 Å². The van der Waals surface area contributed by atoms with Gasteiger partial charge in [0.15, 0.2) is 0 Å². The van der Waals surface area contributed by atoms with E-state index >= 15 is 0 Å². The minimum atomic E-state index is -0.734. The molecule has 41 heavy (non-hydrogen) atoms. The Labute approximate surface area is 258 Å². The normalized spacial score (nSPS) is 17.0.